The van der Waals surface area contributed by atoms with Gasteiger partial charge < -0.3 is 24.7 Å². The molecule has 9 heteroatoms. The van der Waals surface area contributed by atoms with Crippen molar-refractivity contribution in [2.24, 2.45) is 17.8 Å². The summed E-state index contributed by atoms with van der Waals surface area (Å²) in [6, 6.07) is 6.68. The predicted molar refractivity (Wildman–Crippen MR) is 165 cm³/mol. The van der Waals surface area contributed by atoms with E-state index in [1.165, 1.54) is 0 Å². The Morgan fingerprint density at radius 2 is 1.71 bits per heavy atom. The van der Waals surface area contributed by atoms with E-state index in [4.69, 9.17) is 0 Å². The van der Waals surface area contributed by atoms with Gasteiger partial charge in [-0.05, 0) is 50.5 Å². The summed E-state index contributed by atoms with van der Waals surface area (Å²) in [5.41, 5.74) is 1.87. The highest BCUT2D eigenvalue weighted by molar-refractivity contribution is 8.02. The molecule has 1 aromatic carbocycles. The van der Waals surface area contributed by atoms with Gasteiger partial charge in [0, 0.05) is 49.3 Å². The van der Waals surface area contributed by atoms with Crippen molar-refractivity contribution in [3.8, 4) is 0 Å². The van der Waals surface area contributed by atoms with Gasteiger partial charge in [-0.15, -0.1) is 11.8 Å². The molecule has 0 aromatic heterocycles. The van der Waals surface area contributed by atoms with Crippen LogP contribution in [0.5, 0.6) is 0 Å². The first kappa shape index (κ1) is 29.7. The minimum Gasteiger partial charge on any atom is -0.394 e. The van der Waals surface area contributed by atoms with Crippen LogP contribution >= 0.6 is 11.8 Å². The molecule has 4 aliphatic heterocycles. The molecule has 3 amide bonds. The molecule has 1 unspecified atom stereocenters. The number of amides is 3. The van der Waals surface area contributed by atoms with Crippen LogP contribution in [0.25, 0.3) is 0 Å². The van der Waals surface area contributed by atoms with Crippen LogP contribution in [0.15, 0.2) is 48.6 Å². The Bertz CT molecular complexity index is 1210. The van der Waals surface area contributed by atoms with E-state index in [-0.39, 0.29) is 35.5 Å². The highest BCUT2D eigenvalue weighted by atomic mass is 32.2. The van der Waals surface area contributed by atoms with Gasteiger partial charge >= 0.3 is 0 Å². The minimum absolute atomic E-state index is 0.00999. The van der Waals surface area contributed by atoms with Crippen LogP contribution in [0.2, 0.25) is 0 Å². The number of aliphatic hydroxyl groups excluding tert-OH is 1. The van der Waals surface area contributed by atoms with E-state index in [0.29, 0.717) is 19.6 Å². The fourth-order valence-corrected chi connectivity index (χ4v) is 9.23. The van der Waals surface area contributed by atoms with Crippen molar-refractivity contribution in [3.63, 3.8) is 0 Å². The largest absolute Gasteiger partial charge is 0.394 e. The number of fused-ring (bicyclic) bond motifs is 2. The van der Waals surface area contributed by atoms with Crippen LogP contribution < -0.4 is 9.80 Å². The molecular weight excluding hydrogens is 536 g/mol. The van der Waals surface area contributed by atoms with E-state index in [0.717, 1.165) is 30.9 Å². The number of hydrogen-bond donors (Lipinski definition) is 1. The van der Waals surface area contributed by atoms with Gasteiger partial charge in [0.2, 0.25) is 11.8 Å². The highest BCUT2D eigenvalue weighted by Crippen LogP contribution is 2.61. The van der Waals surface area contributed by atoms with Gasteiger partial charge in [-0.25, -0.2) is 0 Å². The molecule has 4 aliphatic rings. The molecule has 1 spiro atoms. The number of anilines is 2. The summed E-state index contributed by atoms with van der Waals surface area (Å²) in [5.74, 6) is -1.65. The standard InChI is InChI=1S/C32H44N4O4S/c1-6-17-34-18-9-11-25-26(29(34)38)27-30(39)36(24(20-37)21(4)5)28-31(40)35(19-10-16-32(27,28)41-25)23-14-12-22(13-15-23)33(7-2)8-3/h9-16,21,24-28,37H,6-8,17-20H2,1-5H3/t24-,25-,26+,27-,28?,32-/m0/s1. The third-order valence-electron chi connectivity index (χ3n) is 9.28. The number of likely N-dealkylation sites (tertiary alicyclic amines) is 1. The number of nitrogens with zero attached hydrogens (tertiary/aromatic N) is 4. The van der Waals surface area contributed by atoms with E-state index >= 15 is 0 Å². The molecule has 6 atom stereocenters. The minimum atomic E-state index is -0.892. The average Bonchev–Trinajstić information content (AvgIpc) is 3.28. The Labute approximate surface area is 248 Å². The second-order valence-electron chi connectivity index (χ2n) is 11.8. The van der Waals surface area contributed by atoms with Gasteiger partial charge in [0.05, 0.1) is 29.2 Å². The van der Waals surface area contributed by atoms with Crippen molar-refractivity contribution in [1.29, 1.82) is 0 Å². The molecule has 2 saturated heterocycles. The van der Waals surface area contributed by atoms with Crippen LogP contribution in [0.3, 0.4) is 0 Å². The van der Waals surface area contributed by atoms with Crippen LogP contribution in [0, 0.1) is 17.8 Å². The Balaban J connectivity index is 1.59. The summed E-state index contributed by atoms with van der Waals surface area (Å²) in [6.07, 6.45) is 8.99. The zero-order chi connectivity index (χ0) is 29.5. The summed E-state index contributed by atoms with van der Waals surface area (Å²) < 4.78 is -0.892. The smallest absolute Gasteiger partial charge is 0.251 e. The van der Waals surface area contributed by atoms with Crippen molar-refractivity contribution >= 4 is 40.9 Å². The Kier molecular flexibility index (Phi) is 8.58. The first-order valence-electron chi connectivity index (χ1n) is 15.1. The number of hydrogen-bond acceptors (Lipinski definition) is 6. The number of rotatable bonds is 9. The van der Waals surface area contributed by atoms with Crippen LogP contribution in [-0.4, -0.2) is 94.0 Å². The van der Waals surface area contributed by atoms with Crippen molar-refractivity contribution in [2.75, 3.05) is 49.1 Å². The average molecular weight is 581 g/mol. The molecule has 2 fully saturated rings. The van der Waals surface area contributed by atoms with Crippen molar-refractivity contribution < 1.29 is 19.5 Å². The molecule has 1 aromatic rings. The van der Waals surface area contributed by atoms with Crippen molar-refractivity contribution in [1.82, 2.24) is 9.80 Å². The van der Waals surface area contributed by atoms with Crippen LogP contribution in [0.4, 0.5) is 11.4 Å². The number of aliphatic hydroxyl groups is 1. The second-order valence-corrected chi connectivity index (χ2v) is 13.3. The molecule has 41 heavy (non-hydrogen) atoms. The van der Waals surface area contributed by atoms with Gasteiger partial charge in [-0.3, -0.25) is 14.4 Å². The molecule has 0 radical (unpaired) electrons. The zero-order valence-corrected chi connectivity index (χ0v) is 25.7. The summed E-state index contributed by atoms with van der Waals surface area (Å²) in [6.45, 7) is 13.3. The number of thioether (sulfide) groups is 1. The Morgan fingerprint density at radius 3 is 2.32 bits per heavy atom. The van der Waals surface area contributed by atoms with Gasteiger partial charge in [0.1, 0.15) is 6.04 Å². The monoisotopic (exact) mass is 580 g/mol. The van der Waals surface area contributed by atoms with Gasteiger partial charge in [0.15, 0.2) is 0 Å². The third kappa shape index (κ3) is 4.79. The lowest BCUT2D eigenvalue weighted by molar-refractivity contribution is -0.145. The molecule has 0 saturated carbocycles. The first-order valence-corrected chi connectivity index (χ1v) is 16.0. The van der Waals surface area contributed by atoms with Gasteiger partial charge in [-0.1, -0.05) is 45.1 Å². The topological polar surface area (TPSA) is 84.4 Å². The van der Waals surface area contributed by atoms with E-state index in [9.17, 15) is 19.5 Å². The van der Waals surface area contributed by atoms with E-state index in [2.05, 4.69) is 24.8 Å². The number of carbonyl (C=O) groups excluding carboxylic acids is 3. The molecule has 8 nitrogen and oxygen atoms in total. The summed E-state index contributed by atoms with van der Waals surface area (Å²) >= 11 is 1.59. The molecule has 222 valence electrons. The second kappa shape index (κ2) is 11.8. The van der Waals surface area contributed by atoms with Gasteiger partial charge in [0.25, 0.3) is 5.91 Å². The third-order valence-corrected chi connectivity index (χ3v) is 11.0. The molecule has 5 rings (SSSR count). The normalized spacial score (nSPS) is 29.9. The highest BCUT2D eigenvalue weighted by Gasteiger charge is 2.71. The molecule has 1 N–H and O–H groups in total. The van der Waals surface area contributed by atoms with Crippen molar-refractivity contribution in [3.05, 3.63) is 48.6 Å². The maximum Gasteiger partial charge on any atom is 0.251 e. The number of carbonyl (C=O) groups is 3. The summed E-state index contributed by atoms with van der Waals surface area (Å²) in [5, 5.41) is 10.3. The maximum atomic E-state index is 14.7. The predicted octanol–water partition coefficient (Wildman–Crippen LogP) is 3.56. The molecule has 0 aliphatic carbocycles. The quantitative estimate of drug-likeness (QED) is 0.450. The van der Waals surface area contributed by atoms with E-state index in [1.807, 2.05) is 68.2 Å². The van der Waals surface area contributed by atoms with E-state index in [1.54, 1.807) is 21.6 Å². The lowest BCUT2D eigenvalue weighted by Gasteiger charge is -2.39. The van der Waals surface area contributed by atoms with Gasteiger partial charge in [-0.2, -0.15) is 0 Å². The fourth-order valence-electron chi connectivity index (χ4n) is 7.24. The SMILES string of the molecule is CCCN1CC=C[C@@H]2S[C@]34C=CCN(c5ccc(N(CC)CC)cc5)C(=O)C3N([C@@H](CO)C(C)C)C(=O)[C@@H]4[C@@H]2C1=O. The van der Waals surface area contributed by atoms with E-state index < -0.39 is 28.7 Å². The van der Waals surface area contributed by atoms with Crippen molar-refractivity contribution in [2.45, 2.75) is 63.1 Å². The molecular formula is C32H44N4O4S. The zero-order valence-electron chi connectivity index (χ0n) is 24.9. The molecule has 4 heterocycles. The summed E-state index contributed by atoms with van der Waals surface area (Å²) in [7, 11) is 0. The lowest BCUT2D eigenvalue weighted by atomic mass is 9.78. The Morgan fingerprint density at radius 1 is 1.00 bits per heavy atom. The van der Waals surface area contributed by atoms with Crippen LogP contribution in [-0.2, 0) is 14.4 Å². The Hall–Kier alpha value is -2.78. The molecule has 0 bridgehead atoms. The first-order chi connectivity index (χ1) is 19.7. The lowest BCUT2D eigenvalue weighted by Crippen LogP contribution is -2.57. The summed E-state index contributed by atoms with van der Waals surface area (Å²) in [4.78, 5) is 50.7. The maximum absolute atomic E-state index is 14.7. The van der Waals surface area contributed by atoms with Crippen LogP contribution in [0.1, 0.15) is 41.0 Å². The number of benzene rings is 1. The fraction of sp³-hybridized carbons (Fsp3) is 0.594.